The molecule has 0 amide bonds. The summed E-state index contributed by atoms with van der Waals surface area (Å²) in [6.45, 7) is 5.54. The van der Waals surface area contributed by atoms with Gasteiger partial charge in [-0.2, -0.15) is 0 Å². The number of hydrogen-bond donors (Lipinski definition) is 1. The number of Topliss-reactive ketones (excluding diaryl/α,β-unsaturated/α-hetero) is 1. The summed E-state index contributed by atoms with van der Waals surface area (Å²) in [5.41, 5.74) is -0.238. The smallest absolute Gasteiger partial charge is 0.303 e. The van der Waals surface area contributed by atoms with Crippen LogP contribution < -0.4 is 0 Å². The number of hydrogen-bond acceptors (Lipinski definition) is 2. The average molecular weight is 184 g/mol. The summed E-state index contributed by atoms with van der Waals surface area (Å²) in [5.74, 6) is -0.395. The van der Waals surface area contributed by atoms with E-state index in [9.17, 15) is 9.59 Å². The van der Waals surface area contributed by atoms with Crippen molar-refractivity contribution in [3.05, 3.63) is 0 Å². The van der Waals surface area contributed by atoms with Crippen LogP contribution in [-0.4, -0.2) is 16.9 Å². The maximum Gasteiger partial charge on any atom is 0.303 e. The minimum atomic E-state index is -0.794. The van der Waals surface area contributed by atoms with E-state index in [0.717, 1.165) is 6.42 Å². The Bertz CT molecular complexity index is 245. The lowest BCUT2D eigenvalue weighted by Gasteiger charge is -2.18. The molecule has 13 heavy (non-hydrogen) atoms. The maximum atomic E-state index is 11.1. The van der Waals surface area contributed by atoms with E-state index in [-0.39, 0.29) is 29.5 Å². The summed E-state index contributed by atoms with van der Waals surface area (Å²) in [5, 5.41) is 8.73. The predicted molar refractivity (Wildman–Crippen MR) is 48.3 cm³/mol. The van der Waals surface area contributed by atoms with E-state index in [1.165, 1.54) is 0 Å². The molecule has 0 aliphatic heterocycles. The molecule has 1 fully saturated rings. The summed E-state index contributed by atoms with van der Waals surface area (Å²) in [4.78, 5) is 21.7. The maximum absolute atomic E-state index is 11.1. The van der Waals surface area contributed by atoms with Gasteiger partial charge in [-0.1, -0.05) is 13.8 Å². The zero-order valence-corrected chi connectivity index (χ0v) is 8.33. The van der Waals surface area contributed by atoms with Crippen LogP contribution in [0.5, 0.6) is 0 Å². The van der Waals surface area contributed by atoms with Crippen LogP contribution in [-0.2, 0) is 9.59 Å². The van der Waals surface area contributed by atoms with E-state index in [1.54, 1.807) is 6.92 Å². The number of ketones is 1. The van der Waals surface area contributed by atoms with Crippen molar-refractivity contribution in [2.75, 3.05) is 0 Å². The normalized spacial score (nSPS) is 31.8. The Labute approximate surface area is 78.1 Å². The fourth-order valence-electron chi connectivity index (χ4n) is 2.19. The molecule has 0 spiro atoms. The first-order valence-corrected chi connectivity index (χ1v) is 4.62. The molecule has 0 heterocycles. The highest BCUT2D eigenvalue weighted by Gasteiger charge is 2.59. The zero-order chi connectivity index (χ0) is 10.2. The minimum absolute atomic E-state index is 0.0106. The third kappa shape index (κ3) is 1.74. The van der Waals surface area contributed by atoms with Crippen LogP contribution in [0.1, 0.15) is 33.6 Å². The first-order valence-electron chi connectivity index (χ1n) is 4.62. The van der Waals surface area contributed by atoms with Crippen molar-refractivity contribution in [3.8, 4) is 0 Å². The molecule has 1 N–H and O–H groups in total. The van der Waals surface area contributed by atoms with Gasteiger partial charge >= 0.3 is 5.97 Å². The largest absolute Gasteiger partial charge is 0.481 e. The average Bonchev–Trinajstić information content (AvgIpc) is 2.62. The fraction of sp³-hybridized carbons (Fsp3) is 0.800. The van der Waals surface area contributed by atoms with E-state index in [2.05, 4.69) is 0 Å². The molecule has 0 bridgehead atoms. The Morgan fingerprint density at radius 3 is 2.31 bits per heavy atom. The number of aliphatic carboxylic acids is 1. The van der Waals surface area contributed by atoms with E-state index < -0.39 is 5.97 Å². The predicted octanol–water partition coefficient (Wildman–Crippen LogP) is 1.71. The van der Waals surface area contributed by atoms with Crippen LogP contribution in [0, 0.1) is 17.3 Å². The molecule has 1 aliphatic carbocycles. The van der Waals surface area contributed by atoms with E-state index >= 15 is 0 Å². The number of carbonyl (C=O) groups is 2. The third-order valence-electron chi connectivity index (χ3n) is 3.24. The van der Waals surface area contributed by atoms with Gasteiger partial charge in [0.2, 0.25) is 0 Å². The minimum Gasteiger partial charge on any atom is -0.481 e. The topological polar surface area (TPSA) is 54.4 Å². The molecule has 3 nitrogen and oxygen atoms in total. The van der Waals surface area contributed by atoms with Crippen LogP contribution in [0.15, 0.2) is 0 Å². The molecule has 0 saturated heterocycles. The first kappa shape index (κ1) is 10.2. The van der Waals surface area contributed by atoms with Gasteiger partial charge in [-0.15, -0.1) is 0 Å². The molecule has 2 atom stereocenters. The number of rotatable bonds is 4. The summed E-state index contributed by atoms with van der Waals surface area (Å²) >= 11 is 0. The van der Waals surface area contributed by atoms with Gasteiger partial charge in [0.25, 0.3) is 0 Å². The molecule has 1 saturated carbocycles. The highest BCUT2D eigenvalue weighted by atomic mass is 16.4. The molecule has 0 radical (unpaired) electrons. The van der Waals surface area contributed by atoms with Crippen molar-refractivity contribution >= 4 is 11.8 Å². The van der Waals surface area contributed by atoms with Crippen molar-refractivity contribution in [2.45, 2.75) is 33.6 Å². The van der Waals surface area contributed by atoms with Gasteiger partial charge < -0.3 is 5.11 Å². The Balaban J connectivity index is 2.71. The van der Waals surface area contributed by atoms with Crippen LogP contribution in [0.4, 0.5) is 0 Å². The molecule has 1 aliphatic rings. The standard InChI is InChI=1S/C10H16O3/c1-6(2)10(5-9(12)13)4-8(10)7(3)11/h6,8H,4-5H2,1-3H3,(H,12,13)/t8-,10+/m1/s1. The molecule has 0 aromatic rings. The van der Waals surface area contributed by atoms with Crippen molar-refractivity contribution < 1.29 is 14.7 Å². The lowest BCUT2D eigenvalue weighted by atomic mass is 9.86. The van der Waals surface area contributed by atoms with Crippen molar-refractivity contribution in [1.82, 2.24) is 0 Å². The van der Waals surface area contributed by atoms with E-state index in [0.29, 0.717) is 0 Å². The lowest BCUT2D eigenvalue weighted by Crippen LogP contribution is -2.19. The fourth-order valence-corrected chi connectivity index (χ4v) is 2.19. The lowest BCUT2D eigenvalue weighted by molar-refractivity contribution is -0.139. The van der Waals surface area contributed by atoms with Gasteiger partial charge in [0.15, 0.2) is 0 Å². The Morgan fingerprint density at radius 2 is 2.08 bits per heavy atom. The Hall–Kier alpha value is -0.860. The molecule has 3 heteroatoms. The van der Waals surface area contributed by atoms with Crippen LogP contribution in [0.25, 0.3) is 0 Å². The second-order valence-corrected chi connectivity index (χ2v) is 4.33. The molecular formula is C10H16O3. The van der Waals surface area contributed by atoms with Gasteiger partial charge in [-0.3, -0.25) is 9.59 Å². The molecule has 0 aromatic heterocycles. The first-order chi connectivity index (χ1) is 5.90. The summed E-state index contributed by atoms with van der Waals surface area (Å²) < 4.78 is 0. The molecule has 0 aromatic carbocycles. The van der Waals surface area contributed by atoms with Gasteiger partial charge in [-0.25, -0.2) is 0 Å². The molecule has 1 rings (SSSR count). The van der Waals surface area contributed by atoms with Gasteiger partial charge in [0.1, 0.15) is 5.78 Å². The highest BCUT2D eigenvalue weighted by molar-refractivity contribution is 5.84. The third-order valence-corrected chi connectivity index (χ3v) is 3.24. The van der Waals surface area contributed by atoms with Crippen LogP contribution in [0.3, 0.4) is 0 Å². The number of carboxylic acid groups (broad SMARTS) is 1. The van der Waals surface area contributed by atoms with Gasteiger partial charge in [0, 0.05) is 5.92 Å². The Kier molecular flexibility index (Phi) is 2.46. The zero-order valence-electron chi connectivity index (χ0n) is 8.33. The van der Waals surface area contributed by atoms with Gasteiger partial charge in [0.05, 0.1) is 6.42 Å². The molecular weight excluding hydrogens is 168 g/mol. The SMILES string of the molecule is CC(=O)[C@H]1C[C@]1(CC(=O)O)C(C)C. The molecule has 0 unspecified atom stereocenters. The summed E-state index contributed by atoms with van der Waals surface area (Å²) in [6, 6.07) is 0. The number of carbonyl (C=O) groups excluding carboxylic acids is 1. The van der Waals surface area contributed by atoms with Crippen molar-refractivity contribution in [2.24, 2.45) is 17.3 Å². The summed E-state index contributed by atoms with van der Waals surface area (Å²) in [6.07, 6.45) is 0.890. The van der Waals surface area contributed by atoms with Crippen LogP contribution in [0.2, 0.25) is 0 Å². The van der Waals surface area contributed by atoms with Crippen molar-refractivity contribution in [1.29, 1.82) is 0 Å². The second-order valence-electron chi connectivity index (χ2n) is 4.33. The monoisotopic (exact) mass is 184 g/mol. The quantitative estimate of drug-likeness (QED) is 0.723. The number of carboxylic acids is 1. The second kappa shape index (κ2) is 3.13. The van der Waals surface area contributed by atoms with Crippen LogP contribution >= 0.6 is 0 Å². The molecule has 74 valence electrons. The van der Waals surface area contributed by atoms with E-state index in [1.807, 2.05) is 13.8 Å². The highest BCUT2D eigenvalue weighted by Crippen LogP contribution is 2.60. The summed E-state index contributed by atoms with van der Waals surface area (Å²) in [7, 11) is 0. The van der Waals surface area contributed by atoms with E-state index in [4.69, 9.17) is 5.11 Å². The Morgan fingerprint density at radius 1 is 1.54 bits per heavy atom. The van der Waals surface area contributed by atoms with Crippen molar-refractivity contribution in [3.63, 3.8) is 0 Å². The van der Waals surface area contributed by atoms with Gasteiger partial charge in [-0.05, 0) is 24.7 Å².